The number of nitrogens with zero attached hydrogens (tertiary/aromatic N) is 1. The Labute approximate surface area is 153 Å². The molecule has 0 aliphatic rings. The zero-order valence-electron chi connectivity index (χ0n) is 15.2. The monoisotopic (exact) mass is 359 g/mol. The van der Waals surface area contributed by atoms with E-state index in [2.05, 4.69) is 6.92 Å². The van der Waals surface area contributed by atoms with E-state index >= 15 is 0 Å². The molecular weight excluding hydrogens is 334 g/mol. The maximum Gasteiger partial charge on any atom is 0.246 e. The minimum atomic E-state index is -0.0359. The second-order valence-corrected chi connectivity index (χ2v) is 6.71. The highest BCUT2D eigenvalue weighted by atomic mass is 32.1. The Hall–Kier alpha value is -2.27. The summed E-state index contributed by atoms with van der Waals surface area (Å²) < 4.78 is 11.0. The summed E-state index contributed by atoms with van der Waals surface area (Å²) in [6.07, 6.45) is 4.33. The lowest BCUT2D eigenvalue weighted by molar-refractivity contribution is -0.126. The Morgan fingerprint density at radius 2 is 2.12 bits per heavy atom. The Kier molecular flexibility index (Phi) is 7.07. The summed E-state index contributed by atoms with van der Waals surface area (Å²) in [6, 6.07) is 9.76. The number of carbonyl (C=O) groups excluding carboxylic acids is 1. The van der Waals surface area contributed by atoms with Gasteiger partial charge in [0.05, 0.1) is 19.8 Å². The standard InChI is InChI=1S/C20H25NO3S/c1-5-12-24-17-10-8-16(14-18(17)23-4)9-11-20(22)21(3)15(2)19-7-6-13-25-19/h6-11,13-15H,5,12H2,1-4H3/b11-9+. The van der Waals surface area contributed by atoms with Crippen LogP contribution in [0.15, 0.2) is 41.8 Å². The van der Waals surface area contributed by atoms with Crippen LogP contribution in [0.4, 0.5) is 0 Å². The van der Waals surface area contributed by atoms with Crippen molar-refractivity contribution < 1.29 is 14.3 Å². The Morgan fingerprint density at radius 1 is 1.32 bits per heavy atom. The molecule has 0 N–H and O–H groups in total. The number of hydrogen-bond acceptors (Lipinski definition) is 4. The fourth-order valence-electron chi connectivity index (χ4n) is 2.31. The number of thiophene rings is 1. The summed E-state index contributed by atoms with van der Waals surface area (Å²) in [7, 11) is 3.43. The highest BCUT2D eigenvalue weighted by Gasteiger charge is 2.16. The Balaban J connectivity index is 2.06. The van der Waals surface area contributed by atoms with Crippen molar-refractivity contribution in [1.29, 1.82) is 0 Å². The normalized spacial score (nSPS) is 12.2. The Morgan fingerprint density at radius 3 is 2.76 bits per heavy atom. The van der Waals surface area contributed by atoms with E-state index in [1.807, 2.05) is 49.7 Å². The van der Waals surface area contributed by atoms with Gasteiger partial charge >= 0.3 is 0 Å². The molecule has 2 aromatic rings. The molecule has 25 heavy (non-hydrogen) atoms. The summed E-state index contributed by atoms with van der Waals surface area (Å²) in [5, 5.41) is 2.02. The molecule has 0 spiro atoms. The van der Waals surface area contributed by atoms with E-state index in [0.717, 1.165) is 17.7 Å². The van der Waals surface area contributed by atoms with Crippen LogP contribution in [-0.2, 0) is 4.79 Å². The summed E-state index contributed by atoms with van der Waals surface area (Å²) in [5.74, 6) is 1.35. The first-order valence-corrected chi connectivity index (χ1v) is 9.23. The van der Waals surface area contributed by atoms with Crippen LogP contribution < -0.4 is 9.47 Å². The fraction of sp³-hybridized carbons (Fsp3) is 0.350. The molecule has 2 rings (SSSR count). The van der Waals surface area contributed by atoms with Gasteiger partial charge in [0.15, 0.2) is 11.5 Å². The molecule has 0 aliphatic carbocycles. The number of amides is 1. The van der Waals surface area contributed by atoms with Gasteiger partial charge in [-0.15, -0.1) is 11.3 Å². The van der Waals surface area contributed by atoms with Crippen LogP contribution in [0.1, 0.15) is 36.8 Å². The Bertz CT molecular complexity index is 710. The number of ether oxygens (including phenoxy) is 2. The zero-order chi connectivity index (χ0) is 18.2. The summed E-state index contributed by atoms with van der Waals surface area (Å²) in [6.45, 7) is 4.73. The van der Waals surface area contributed by atoms with E-state index in [9.17, 15) is 4.79 Å². The second-order valence-electron chi connectivity index (χ2n) is 5.73. The van der Waals surface area contributed by atoms with E-state index in [1.54, 1.807) is 35.5 Å². The van der Waals surface area contributed by atoms with Crippen molar-refractivity contribution in [1.82, 2.24) is 4.90 Å². The SMILES string of the molecule is CCCOc1ccc(/C=C/C(=O)N(C)C(C)c2cccs2)cc1OC. The maximum atomic E-state index is 12.4. The minimum Gasteiger partial charge on any atom is -0.493 e. The molecule has 0 saturated carbocycles. The lowest BCUT2D eigenvalue weighted by Gasteiger charge is -2.22. The van der Waals surface area contributed by atoms with Gasteiger partial charge in [0.25, 0.3) is 0 Å². The van der Waals surface area contributed by atoms with Crippen LogP contribution in [-0.4, -0.2) is 31.6 Å². The smallest absolute Gasteiger partial charge is 0.246 e. The topological polar surface area (TPSA) is 38.8 Å². The first-order valence-electron chi connectivity index (χ1n) is 8.36. The molecular formula is C20H25NO3S. The minimum absolute atomic E-state index is 0.0359. The van der Waals surface area contributed by atoms with Crippen molar-refractivity contribution in [3.63, 3.8) is 0 Å². The van der Waals surface area contributed by atoms with Gasteiger partial charge in [0.1, 0.15) is 0 Å². The van der Waals surface area contributed by atoms with Crippen molar-refractivity contribution in [3.8, 4) is 11.5 Å². The molecule has 134 valence electrons. The first-order chi connectivity index (χ1) is 12.1. The largest absolute Gasteiger partial charge is 0.493 e. The predicted octanol–water partition coefficient (Wildman–Crippen LogP) is 4.78. The quantitative estimate of drug-likeness (QED) is 0.637. The molecule has 0 saturated heterocycles. The van der Waals surface area contributed by atoms with E-state index in [4.69, 9.17) is 9.47 Å². The molecule has 0 bridgehead atoms. The predicted molar refractivity (Wildman–Crippen MR) is 103 cm³/mol. The number of rotatable bonds is 8. The number of hydrogen-bond donors (Lipinski definition) is 0. The zero-order valence-corrected chi connectivity index (χ0v) is 16.0. The lowest BCUT2D eigenvalue weighted by Crippen LogP contribution is -2.27. The molecule has 5 heteroatoms. The van der Waals surface area contributed by atoms with Crippen LogP contribution in [0.3, 0.4) is 0 Å². The second kappa shape index (κ2) is 9.28. The van der Waals surface area contributed by atoms with Gasteiger partial charge in [-0.1, -0.05) is 19.1 Å². The van der Waals surface area contributed by atoms with Gasteiger partial charge in [-0.25, -0.2) is 0 Å². The average molecular weight is 359 g/mol. The summed E-state index contributed by atoms with van der Waals surface area (Å²) in [4.78, 5) is 15.3. The van der Waals surface area contributed by atoms with E-state index in [0.29, 0.717) is 12.4 Å². The van der Waals surface area contributed by atoms with Crippen molar-refractivity contribution in [2.75, 3.05) is 20.8 Å². The van der Waals surface area contributed by atoms with E-state index < -0.39 is 0 Å². The number of benzene rings is 1. The molecule has 4 nitrogen and oxygen atoms in total. The number of methoxy groups -OCH3 is 1. The third kappa shape index (κ3) is 5.10. The van der Waals surface area contributed by atoms with Gasteiger partial charge in [-0.05, 0) is 48.6 Å². The van der Waals surface area contributed by atoms with Crippen molar-refractivity contribution in [2.24, 2.45) is 0 Å². The molecule has 1 unspecified atom stereocenters. The van der Waals surface area contributed by atoms with Crippen LogP contribution in [0, 0.1) is 0 Å². The van der Waals surface area contributed by atoms with E-state index in [-0.39, 0.29) is 11.9 Å². The first kappa shape index (κ1) is 19.1. The third-order valence-corrected chi connectivity index (χ3v) is 4.99. The summed E-state index contributed by atoms with van der Waals surface area (Å²) in [5.41, 5.74) is 0.895. The lowest BCUT2D eigenvalue weighted by atomic mass is 10.1. The molecule has 1 aromatic carbocycles. The van der Waals surface area contributed by atoms with Crippen molar-refractivity contribution in [3.05, 3.63) is 52.2 Å². The van der Waals surface area contributed by atoms with Crippen LogP contribution in [0.25, 0.3) is 6.08 Å². The molecule has 1 amide bonds. The highest BCUT2D eigenvalue weighted by Crippen LogP contribution is 2.29. The molecule has 0 radical (unpaired) electrons. The van der Waals surface area contributed by atoms with Gasteiger partial charge in [-0.2, -0.15) is 0 Å². The fourth-order valence-corrected chi connectivity index (χ4v) is 3.14. The van der Waals surface area contributed by atoms with Crippen LogP contribution >= 0.6 is 11.3 Å². The van der Waals surface area contributed by atoms with E-state index in [1.165, 1.54) is 4.88 Å². The van der Waals surface area contributed by atoms with Crippen molar-refractivity contribution >= 4 is 23.3 Å². The van der Waals surface area contributed by atoms with Crippen molar-refractivity contribution in [2.45, 2.75) is 26.3 Å². The third-order valence-electron chi connectivity index (χ3n) is 3.95. The molecule has 1 heterocycles. The average Bonchev–Trinajstić information content (AvgIpc) is 3.18. The molecule has 1 aromatic heterocycles. The number of carbonyl (C=O) groups is 1. The number of likely N-dealkylation sites (N-methyl/N-ethyl adjacent to an activating group) is 1. The van der Waals surface area contributed by atoms with Gasteiger partial charge in [0, 0.05) is 18.0 Å². The highest BCUT2D eigenvalue weighted by molar-refractivity contribution is 7.10. The van der Waals surface area contributed by atoms with Gasteiger partial charge in [0.2, 0.25) is 5.91 Å². The van der Waals surface area contributed by atoms with Gasteiger partial charge in [-0.3, -0.25) is 4.79 Å². The van der Waals surface area contributed by atoms with Gasteiger partial charge < -0.3 is 14.4 Å². The van der Waals surface area contributed by atoms with Crippen LogP contribution in [0.5, 0.6) is 11.5 Å². The van der Waals surface area contributed by atoms with Crippen LogP contribution in [0.2, 0.25) is 0 Å². The summed E-state index contributed by atoms with van der Waals surface area (Å²) >= 11 is 1.66. The maximum absolute atomic E-state index is 12.4. The molecule has 0 aliphatic heterocycles. The molecule has 1 atom stereocenters. The molecule has 0 fully saturated rings.